The molecule has 1 fully saturated rings. The van der Waals surface area contributed by atoms with Gasteiger partial charge in [-0.05, 0) is 33.1 Å². The molecule has 1 aliphatic rings. The van der Waals surface area contributed by atoms with Crippen LogP contribution in [0.25, 0.3) is 0 Å². The summed E-state index contributed by atoms with van der Waals surface area (Å²) in [6.45, 7) is 7.85. The second-order valence-corrected chi connectivity index (χ2v) is 5.76. The monoisotopic (exact) mass is 266 g/mol. The number of ether oxygens (including phenoxy) is 1. The highest BCUT2D eigenvalue weighted by atomic mass is 19.1. The van der Waals surface area contributed by atoms with E-state index in [1.165, 1.54) is 6.07 Å². The van der Waals surface area contributed by atoms with E-state index in [9.17, 15) is 4.39 Å². The molecule has 1 saturated heterocycles. The molecule has 2 N–H and O–H groups in total. The van der Waals surface area contributed by atoms with Crippen LogP contribution in [0.2, 0.25) is 0 Å². The van der Waals surface area contributed by atoms with Crippen molar-refractivity contribution in [3.05, 3.63) is 17.9 Å². The summed E-state index contributed by atoms with van der Waals surface area (Å²) in [5, 5.41) is 0. The van der Waals surface area contributed by atoms with E-state index in [-0.39, 0.29) is 11.4 Å². The predicted molar refractivity (Wildman–Crippen MR) is 77.3 cm³/mol. The van der Waals surface area contributed by atoms with Crippen molar-refractivity contribution in [2.45, 2.75) is 45.6 Å². The zero-order valence-corrected chi connectivity index (χ0v) is 12.0. The molecule has 0 spiro atoms. The Morgan fingerprint density at radius 3 is 2.74 bits per heavy atom. The molecule has 2 rings (SSSR count). The van der Waals surface area contributed by atoms with Gasteiger partial charge in [0.1, 0.15) is 0 Å². The minimum Gasteiger partial charge on any atom is -0.490 e. The van der Waals surface area contributed by atoms with Gasteiger partial charge in [0.2, 0.25) is 0 Å². The molecule has 106 valence electrons. The van der Waals surface area contributed by atoms with E-state index in [4.69, 9.17) is 10.5 Å². The lowest BCUT2D eigenvalue weighted by Crippen LogP contribution is -2.38. The first-order valence-corrected chi connectivity index (χ1v) is 6.95. The van der Waals surface area contributed by atoms with Gasteiger partial charge >= 0.3 is 0 Å². The highest BCUT2D eigenvalue weighted by Crippen LogP contribution is 2.39. The Labute approximate surface area is 114 Å². The van der Waals surface area contributed by atoms with Crippen molar-refractivity contribution in [1.82, 2.24) is 0 Å². The molecule has 19 heavy (non-hydrogen) atoms. The number of anilines is 2. The topological polar surface area (TPSA) is 38.5 Å². The molecule has 1 aliphatic heterocycles. The molecule has 4 heteroatoms. The Bertz CT molecular complexity index is 460. The molecule has 3 nitrogen and oxygen atoms in total. The van der Waals surface area contributed by atoms with Crippen molar-refractivity contribution >= 4 is 11.4 Å². The van der Waals surface area contributed by atoms with E-state index < -0.39 is 0 Å². The SMILES string of the molecule is CCCOc1cc(N2CCCC2(C)C)c(N)cc1F. The first kappa shape index (κ1) is 14.0. The molecule has 1 aromatic carbocycles. The number of nitrogens with two attached hydrogens (primary N) is 1. The van der Waals surface area contributed by atoms with Gasteiger partial charge in [0.05, 0.1) is 18.0 Å². The fourth-order valence-electron chi connectivity index (χ4n) is 2.67. The van der Waals surface area contributed by atoms with E-state index in [2.05, 4.69) is 18.7 Å². The highest BCUT2D eigenvalue weighted by molar-refractivity contribution is 5.71. The predicted octanol–water partition coefficient (Wildman–Crippen LogP) is 3.58. The van der Waals surface area contributed by atoms with Gasteiger partial charge in [0, 0.05) is 24.2 Å². The molecular weight excluding hydrogens is 243 g/mol. The van der Waals surface area contributed by atoms with Crippen LogP contribution in [0.1, 0.15) is 40.0 Å². The van der Waals surface area contributed by atoms with Crippen molar-refractivity contribution in [3.63, 3.8) is 0 Å². The molecule has 1 aromatic rings. The average molecular weight is 266 g/mol. The number of benzene rings is 1. The Hall–Kier alpha value is -1.45. The fraction of sp³-hybridized carbons (Fsp3) is 0.600. The number of hydrogen-bond donors (Lipinski definition) is 1. The third-order valence-corrected chi connectivity index (χ3v) is 3.73. The Morgan fingerprint density at radius 2 is 2.16 bits per heavy atom. The van der Waals surface area contributed by atoms with Crippen LogP contribution >= 0.6 is 0 Å². The second kappa shape index (κ2) is 5.27. The normalized spacial score (nSPS) is 17.8. The van der Waals surface area contributed by atoms with Gasteiger partial charge in [0.15, 0.2) is 11.6 Å². The summed E-state index contributed by atoms with van der Waals surface area (Å²) in [4.78, 5) is 2.25. The van der Waals surface area contributed by atoms with E-state index in [0.717, 1.165) is 31.5 Å². The second-order valence-electron chi connectivity index (χ2n) is 5.76. The average Bonchev–Trinajstić information content (AvgIpc) is 2.68. The summed E-state index contributed by atoms with van der Waals surface area (Å²) in [5.41, 5.74) is 7.41. The van der Waals surface area contributed by atoms with E-state index in [0.29, 0.717) is 18.0 Å². The lowest BCUT2D eigenvalue weighted by molar-refractivity contribution is 0.301. The zero-order valence-electron chi connectivity index (χ0n) is 12.0. The summed E-state index contributed by atoms with van der Waals surface area (Å²) in [6.07, 6.45) is 3.11. The van der Waals surface area contributed by atoms with Gasteiger partial charge in [-0.2, -0.15) is 0 Å². The standard InChI is InChI=1S/C15H23FN2O/c1-4-8-19-14-10-13(12(17)9-11(14)16)18-7-5-6-15(18,2)3/h9-10H,4-8,17H2,1-3H3. The zero-order chi connectivity index (χ0) is 14.0. The maximum Gasteiger partial charge on any atom is 0.167 e. The Kier molecular flexibility index (Phi) is 3.88. The molecule has 0 aromatic heterocycles. The minimum atomic E-state index is -0.383. The maximum absolute atomic E-state index is 13.8. The van der Waals surface area contributed by atoms with Crippen molar-refractivity contribution in [3.8, 4) is 5.75 Å². The van der Waals surface area contributed by atoms with Crippen LogP contribution in [0.5, 0.6) is 5.75 Å². The first-order chi connectivity index (χ1) is 8.95. The van der Waals surface area contributed by atoms with Crippen LogP contribution in [0.4, 0.5) is 15.8 Å². The van der Waals surface area contributed by atoms with Crippen molar-refractivity contribution in [2.75, 3.05) is 23.8 Å². The third-order valence-electron chi connectivity index (χ3n) is 3.73. The molecule has 0 amide bonds. The van der Waals surface area contributed by atoms with E-state index >= 15 is 0 Å². The molecule has 1 heterocycles. The summed E-state index contributed by atoms with van der Waals surface area (Å²) in [7, 11) is 0. The largest absolute Gasteiger partial charge is 0.490 e. The van der Waals surface area contributed by atoms with Gasteiger partial charge in [-0.1, -0.05) is 6.92 Å². The summed E-state index contributed by atoms with van der Waals surface area (Å²) >= 11 is 0. The maximum atomic E-state index is 13.8. The van der Waals surface area contributed by atoms with E-state index in [1.54, 1.807) is 6.07 Å². The van der Waals surface area contributed by atoms with Gasteiger partial charge < -0.3 is 15.4 Å². The molecule has 0 aliphatic carbocycles. The number of hydrogen-bond acceptors (Lipinski definition) is 3. The van der Waals surface area contributed by atoms with Crippen LogP contribution in [0.15, 0.2) is 12.1 Å². The molecule has 0 bridgehead atoms. The van der Waals surface area contributed by atoms with Crippen LogP contribution < -0.4 is 15.4 Å². The molecule has 0 saturated carbocycles. The molecule has 0 unspecified atom stereocenters. The summed E-state index contributed by atoms with van der Waals surface area (Å²) < 4.78 is 19.3. The lowest BCUT2D eigenvalue weighted by atomic mass is 10.0. The van der Waals surface area contributed by atoms with Crippen LogP contribution in [0.3, 0.4) is 0 Å². The smallest absolute Gasteiger partial charge is 0.167 e. The highest BCUT2D eigenvalue weighted by Gasteiger charge is 2.33. The first-order valence-electron chi connectivity index (χ1n) is 6.95. The van der Waals surface area contributed by atoms with Gasteiger partial charge in [0.25, 0.3) is 0 Å². The minimum absolute atomic E-state index is 0.0635. The fourth-order valence-corrected chi connectivity index (χ4v) is 2.67. The summed E-state index contributed by atoms with van der Waals surface area (Å²) in [5.74, 6) is -0.0829. The quantitative estimate of drug-likeness (QED) is 0.847. The molecule has 0 radical (unpaired) electrons. The van der Waals surface area contributed by atoms with Crippen LogP contribution in [-0.4, -0.2) is 18.7 Å². The van der Waals surface area contributed by atoms with Crippen molar-refractivity contribution in [1.29, 1.82) is 0 Å². The molecule has 0 atom stereocenters. The van der Waals surface area contributed by atoms with Crippen molar-refractivity contribution in [2.24, 2.45) is 0 Å². The van der Waals surface area contributed by atoms with Crippen LogP contribution in [0, 0.1) is 5.82 Å². The number of nitrogen functional groups attached to an aromatic ring is 1. The lowest BCUT2D eigenvalue weighted by Gasteiger charge is -2.34. The van der Waals surface area contributed by atoms with Gasteiger partial charge in [-0.25, -0.2) is 4.39 Å². The van der Waals surface area contributed by atoms with E-state index in [1.807, 2.05) is 6.92 Å². The number of nitrogens with zero attached hydrogens (tertiary/aromatic N) is 1. The van der Waals surface area contributed by atoms with Crippen LogP contribution in [-0.2, 0) is 0 Å². The van der Waals surface area contributed by atoms with Gasteiger partial charge in [-0.3, -0.25) is 0 Å². The summed E-state index contributed by atoms with van der Waals surface area (Å²) in [6, 6.07) is 3.11. The Morgan fingerprint density at radius 1 is 1.42 bits per heavy atom. The molecular formula is C15H23FN2O. The van der Waals surface area contributed by atoms with Crippen molar-refractivity contribution < 1.29 is 9.13 Å². The number of halogens is 1. The van der Waals surface area contributed by atoms with Gasteiger partial charge in [-0.15, -0.1) is 0 Å². The number of rotatable bonds is 4. The third kappa shape index (κ3) is 2.77. The Balaban J connectivity index is 2.34.